The third-order valence-corrected chi connectivity index (χ3v) is 4.71. The van der Waals surface area contributed by atoms with Gasteiger partial charge < -0.3 is 15.5 Å². The molecule has 0 fully saturated rings. The third-order valence-electron chi connectivity index (χ3n) is 3.71. The molecular formula is C18H26IN5OS. The maximum atomic E-state index is 12.2. The Kier molecular flexibility index (Phi) is 10.2. The largest absolute Gasteiger partial charge is 0.352 e. The molecule has 0 spiro atoms. The number of halogens is 1. The van der Waals surface area contributed by atoms with Crippen molar-refractivity contribution >= 4 is 47.2 Å². The van der Waals surface area contributed by atoms with E-state index in [1.165, 1.54) is 9.75 Å². The average molecular weight is 487 g/mol. The molecule has 0 radical (unpaired) electrons. The fraction of sp³-hybridized carbons (Fsp3) is 0.389. The van der Waals surface area contributed by atoms with Gasteiger partial charge in [-0.25, -0.2) is 0 Å². The molecule has 0 aliphatic carbocycles. The summed E-state index contributed by atoms with van der Waals surface area (Å²) in [6.07, 6.45) is 2.51. The number of guanidine groups is 1. The normalized spacial score (nSPS) is 10.8. The number of nitrogens with one attached hydrogen (secondary N) is 2. The van der Waals surface area contributed by atoms with Crippen LogP contribution in [0, 0.1) is 6.92 Å². The van der Waals surface area contributed by atoms with E-state index < -0.39 is 0 Å². The highest BCUT2D eigenvalue weighted by atomic mass is 127. The van der Waals surface area contributed by atoms with Crippen LogP contribution in [-0.2, 0) is 17.8 Å². The van der Waals surface area contributed by atoms with Gasteiger partial charge in [0.25, 0.3) is 0 Å². The number of hydrogen-bond donors (Lipinski definition) is 2. The van der Waals surface area contributed by atoms with E-state index in [1.807, 2.05) is 18.2 Å². The highest BCUT2D eigenvalue weighted by Crippen LogP contribution is 2.14. The van der Waals surface area contributed by atoms with Gasteiger partial charge >= 0.3 is 0 Å². The zero-order chi connectivity index (χ0) is 18.1. The van der Waals surface area contributed by atoms with Crippen molar-refractivity contribution < 1.29 is 4.79 Å². The maximum Gasteiger partial charge on any atom is 0.241 e. The molecule has 2 aromatic heterocycles. The summed E-state index contributed by atoms with van der Waals surface area (Å²) in [7, 11) is 3.50. The Hall–Kier alpha value is -1.68. The monoisotopic (exact) mass is 487 g/mol. The summed E-state index contributed by atoms with van der Waals surface area (Å²) < 4.78 is 0. The molecule has 0 unspecified atom stereocenters. The molecule has 0 saturated heterocycles. The molecule has 0 saturated carbocycles. The lowest BCUT2D eigenvalue weighted by atomic mass is 10.2. The van der Waals surface area contributed by atoms with Crippen molar-refractivity contribution in [3.63, 3.8) is 0 Å². The number of amides is 1. The van der Waals surface area contributed by atoms with Gasteiger partial charge in [0.15, 0.2) is 5.96 Å². The van der Waals surface area contributed by atoms with Crippen LogP contribution >= 0.6 is 35.3 Å². The van der Waals surface area contributed by atoms with E-state index in [2.05, 4.69) is 39.7 Å². The van der Waals surface area contributed by atoms with Crippen molar-refractivity contribution in [1.29, 1.82) is 0 Å². The van der Waals surface area contributed by atoms with Crippen LogP contribution in [0.4, 0.5) is 0 Å². The predicted molar refractivity (Wildman–Crippen MR) is 118 cm³/mol. The summed E-state index contributed by atoms with van der Waals surface area (Å²) >= 11 is 1.75. The number of rotatable bonds is 7. The molecule has 26 heavy (non-hydrogen) atoms. The van der Waals surface area contributed by atoms with E-state index in [-0.39, 0.29) is 36.4 Å². The van der Waals surface area contributed by atoms with Gasteiger partial charge in [0.1, 0.15) is 0 Å². The van der Waals surface area contributed by atoms with Gasteiger partial charge in [-0.1, -0.05) is 6.07 Å². The van der Waals surface area contributed by atoms with Gasteiger partial charge in [-0.3, -0.25) is 14.8 Å². The number of aromatic nitrogens is 1. The fourth-order valence-corrected chi connectivity index (χ4v) is 3.05. The summed E-state index contributed by atoms with van der Waals surface area (Å²) in [6, 6.07) is 10.00. The summed E-state index contributed by atoms with van der Waals surface area (Å²) in [5, 5.41) is 6.28. The van der Waals surface area contributed by atoms with E-state index in [0.717, 1.165) is 12.1 Å². The van der Waals surface area contributed by atoms with Crippen molar-refractivity contribution in [2.24, 2.45) is 4.99 Å². The van der Waals surface area contributed by atoms with Crippen LogP contribution in [0.3, 0.4) is 0 Å². The first-order valence-corrected chi connectivity index (χ1v) is 9.04. The second kappa shape index (κ2) is 11.8. The molecule has 0 aliphatic heterocycles. The van der Waals surface area contributed by atoms with Gasteiger partial charge in [0, 0.05) is 48.7 Å². The van der Waals surface area contributed by atoms with E-state index in [0.29, 0.717) is 19.0 Å². The average Bonchev–Trinajstić information content (AvgIpc) is 3.05. The highest BCUT2D eigenvalue weighted by Gasteiger charge is 2.10. The summed E-state index contributed by atoms with van der Waals surface area (Å²) in [5.41, 5.74) is 0.985. The molecule has 8 heteroatoms. The Balaban J connectivity index is 0.00000338. The smallest absolute Gasteiger partial charge is 0.241 e. The van der Waals surface area contributed by atoms with Crippen molar-refractivity contribution in [2.45, 2.75) is 19.9 Å². The van der Waals surface area contributed by atoms with Crippen LogP contribution in [0.1, 0.15) is 15.4 Å². The van der Waals surface area contributed by atoms with Gasteiger partial charge in [0.05, 0.1) is 13.1 Å². The number of pyridine rings is 1. The molecule has 2 heterocycles. The maximum absolute atomic E-state index is 12.2. The van der Waals surface area contributed by atoms with Crippen molar-refractivity contribution in [1.82, 2.24) is 20.5 Å². The van der Waals surface area contributed by atoms with Crippen molar-refractivity contribution in [2.75, 3.05) is 27.2 Å². The number of thiophene rings is 1. The standard InChI is InChI=1S/C18H25N5OS.HI/c1-14-7-8-16(25-14)12-21-18(19-2)22-13-17(24)23(3)11-9-15-6-4-5-10-20-15;/h4-8,10H,9,11-13H2,1-3H3,(H2,19,21,22);1H. The Labute approximate surface area is 176 Å². The number of nitrogens with zero attached hydrogens (tertiary/aromatic N) is 3. The number of carbonyl (C=O) groups excluding carboxylic acids is 1. The molecule has 0 aliphatic rings. The molecular weight excluding hydrogens is 461 g/mol. The Morgan fingerprint density at radius 1 is 1.27 bits per heavy atom. The SMILES string of the molecule is CN=C(NCC(=O)N(C)CCc1ccccn1)NCc1ccc(C)s1.I. The van der Waals surface area contributed by atoms with E-state index in [9.17, 15) is 4.79 Å². The van der Waals surface area contributed by atoms with Crippen LogP contribution in [-0.4, -0.2) is 48.9 Å². The van der Waals surface area contributed by atoms with Crippen LogP contribution < -0.4 is 10.6 Å². The van der Waals surface area contributed by atoms with E-state index in [1.54, 1.807) is 36.5 Å². The third kappa shape index (κ3) is 7.69. The second-order valence-electron chi connectivity index (χ2n) is 5.68. The molecule has 2 rings (SSSR count). The number of hydrogen-bond acceptors (Lipinski definition) is 4. The zero-order valence-corrected chi connectivity index (χ0v) is 18.5. The first-order valence-electron chi connectivity index (χ1n) is 8.22. The van der Waals surface area contributed by atoms with Crippen molar-refractivity contribution in [3.8, 4) is 0 Å². The number of aryl methyl sites for hydroxylation is 1. The van der Waals surface area contributed by atoms with Gasteiger partial charge in [-0.05, 0) is 31.2 Å². The number of likely N-dealkylation sites (N-methyl/N-ethyl adjacent to an activating group) is 1. The minimum Gasteiger partial charge on any atom is -0.352 e. The van der Waals surface area contributed by atoms with Gasteiger partial charge in [-0.15, -0.1) is 35.3 Å². The van der Waals surface area contributed by atoms with Crippen molar-refractivity contribution in [3.05, 3.63) is 52.0 Å². The Morgan fingerprint density at radius 3 is 2.69 bits per heavy atom. The van der Waals surface area contributed by atoms with Gasteiger partial charge in [-0.2, -0.15) is 0 Å². The van der Waals surface area contributed by atoms with Crippen LogP contribution in [0.25, 0.3) is 0 Å². The summed E-state index contributed by atoms with van der Waals surface area (Å²) in [4.78, 5) is 24.9. The minimum atomic E-state index is 0. The molecule has 2 N–H and O–H groups in total. The molecule has 2 aromatic rings. The lowest BCUT2D eigenvalue weighted by Crippen LogP contribution is -2.43. The van der Waals surface area contributed by atoms with Gasteiger partial charge in [0.2, 0.25) is 5.91 Å². The predicted octanol–water partition coefficient (Wildman–Crippen LogP) is 2.44. The molecule has 0 bridgehead atoms. The number of aliphatic imine (C=N–C) groups is 1. The molecule has 6 nitrogen and oxygen atoms in total. The summed E-state index contributed by atoms with van der Waals surface area (Å²) in [6.45, 7) is 3.63. The fourth-order valence-electron chi connectivity index (χ4n) is 2.22. The quantitative estimate of drug-likeness (QED) is 0.358. The van der Waals surface area contributed by atoms with E-state index >= 15 is 0 Å². The molecule has 0 atom stereocenters. The zero-order valence-electron chi connectivity index (χ0n) is 15.4. The molecule has 1 amide bonds. The lowest BCUT2D eigenvalue weighted by Gasteiger charge is -2.18. The second-order valence-corrected chi connectivity index (χ2v) is 7.05. The highest BCUT2D eigenvalue weighted by molar-refractivity contribution is 14.0. The van der Waals surface area contributed by atoms with Crippen LogP contribution in [0.2, 0.25) is 0 Å². The summed E-state index contributed by atoms with van der Waals surface area (Å²) in [5.74, 6) is 0.642. The molecule has 0 aromatic carbocycles. The lowest BCUT2D eigenvalue weighted by molar-refractivity contribution is -0.128. The Bertz CT molecular complexity index is 705. The minimum absolute atomic E-state index is 0. The van der Waals surface area contributed by atoms with Crippen LogP contribution in [0.15, 0.2) is 41.5 Å². The first kappa shape index (κ1) is 22.4. The molecule has 142 valence electrons. The Morgan fingerprint density at radius 2 is 2.08 bits per heavy atom. The number of carbonyl (C=O) groups is 1. The first-order chi connectivity index (χ1) is 12.1. The van der Waals surface area contributed by atoms with Crippen LogP contribution in [0.5, 0.6) is 0 Å². The van der Waals surface area contributed by atoms with E-state index in [4.69, 9.17) is 0 Å². The topological polar surface area (TPSA) is 69.6 Å².